The van der Waals surface area contributed by atoms with Gasteiger partial charge >= 0.3 is 0 Å². The van der Waals surface area contributed by atoms with Gasteiger partial charge < -0.3 is 14.6 Å². The van der Waals surface area contributed by atoms with E-state index in [1.165, 1.54) is 5.56 Å². The van der Waals surface area contributed by atoms with Crippen molar-refractivity contribution in [2.24, 2.45) is 7.05 Å². The number of hydrogen-bond acceptors (Lipinski definition) is 3. The molecular formula is C13H17N3O. The monoisotopic (exact) mass is 231 g/mol. The number of nitrogens with zero attached hydrogens (tertiary/aromatic N) is 2. The van der Waals surface area contributed by atoms with Gasteiger partial charge in [0.1, 0.15) is 0 Å². The van der Waals surface area contributed by atoms with E-state index in [0.29, 0.717) is 5.88 Å². The van der Waals surface area contributed by atoms with E-state index < -0.39 is 0 Å². The molecule has 0 radical (unpaired) electrons. The van der Waals surface area contributed by atoms with Crippen LogP contribution in [0.2, 0.25) is 0 Å². The van der Waals surface area contributed by atoms with Crippen molar-refractivity contribution < 1.29 is 4.74 Å². The molecule has 0 aromatic carbocycles. The van der Waals surface area contributed by atoms with Gasteiger partial charge in [-0.15, -0.1) is 0 Å². The van der Waals surface area contributed by atoms with Crippen molar-refractivity contribution in [3.05, 3.63) is 47.9 Å². The maximum atomic E-state index is 5.20. The lowest BCUT2D eigenvalue weighted by Gasteiger charge is -2.07. The van der Waals surface area contributed by atoms with Crippen LogP contribution in [0.4, 0.5) is 0 Å². The molecule has 0 spiro atoms. The first-order chi connectivity index (χ1) is 8.29. The Balaban J connectivity index is 1.89. The fraction of sp³-hybridized carbons (Fsp3) is 0.308. The third-order valence-electron chi connectivity index (χ3n) is 2.58. The Kier molecular flexibility index (Phi) is 3.77. The summed E-state index contributed by atoms with van der Waals surface area (Å²) < 4.78 is 7.24. The Bertz CT molecular complexity index is 479. The van der Waals surface area contributed by atoms with Crippen molar-refractivity contribution in [1.82, 2.24) is 14.9 Å². The molecule has 0 saturated heterocycles. The summed E-state index contributed by atoms with van der Waals surface area (Å²) in [5.74, 6) is 0.688. The van der Waals surface area contributed by atoms with Crippen LogP contribution in [0.3, 0.4) is 0 Å². The zero-order valence-corrected chi connectivity index (χ0v) is 10.2. The van der Waals surface area contributed by atoms with Crippen LogP contribution in [0.1, 0.15) is 11.1 Å². The van der Waals surface area contributed by atoms with Gasteiger partial charge in [0.15, 0.2) is 0 Å². The highest BCUT2D eigenvalue weighted by molar-refractivity contribution is 5.25. The molecule has 90 valence electrons. The maximum Gasteiger partial charge on any atom is 0.217 e. The van der Waals surface area contributed by atoms with Crippen LogP contribution in [-0.4, -0.2) is 16.7 Å². The van der Waals surface area contributed by atoms with Gasteiger partial charge in [0, 0.05) is 44.3 Å². The van der Waals surface area contributed by atoms with Crippen LogP contribution >= 0.6 is 0 Å². The number of aromatic nitrogens is 2. The van der Waals surface area contributed by atoms with Gasteiger partial charge in [0.25, 0.3) is 0 Å². The molecule has 0 aliphatic heterocycles. The zero-order chi connectivity index (χ0) is 12.1. The first kappa shape index (κ1) is 11.7. The number of rotatable bonds is 5. The minimum absolute atomic E-state index is 0.688. The number of hydrogen-bond donors (Lipinski definition) is 1. The maximum absolute atomic E-state index is 5.20. The second kappa shape index (κ2) is 5.50. The van der Waals surface area contributed by atoms with Crippen LogP contribution in [0.15, 0.2) is 36.8 Å². The van der Waals surface area contributed by atoms with E-state index >= 15 is 0 Å². The number of pyridine rings is 1. The molecule has 4 nitrogen and oxygen atoms in total. The molecule has 0 unspecified atom stereocenters. The molecule has 0 saturated carbocycles. The fourth-order valence-corrected chi connectivity index (χ4v) is 1.75. The van der Waals surface area contributed by atoms with E-state index in [0.717, 1.165) is 18.7 Å². The summed E-state index contributed by atoms with van der Waals surface area (Å²) in [6.45, 7) is 1.60. The predicted octanol–water partition coefficient (Wildman–Crippen LogP) is 1.72. The van der Waals surface area contributed by atoms with E-state index in [2.05, 4.69) is 22.6 Å². The molecule has 0 atom stereocenters. The Morgan fingerprint density at radius 3 is 2.94 bits per heavy atom. The smallest absolute Gasteiger partial charge is 0.217 e. The van der Waals surface area contributed by atoms with Crippen molar-refractivity contribution in [1.29, 1.82) is 0 Å². The Hall–Kier alpha value is -1.81. The van der Waals surface area contributed by atoms with E-state index in [1.54, 1.807) is 13.3 Å². The second-order valence-electron chi connectivity index (χ2n) is 3.96. The first-order valence-corrected chi connectivity index (χ1v) is 5.59. The van der Waals surface area contributed by atoms with Crippen molar-refractivity contribution in [3.63, 3.8) is 0 Å². The van der Waals surface area contributed by atoms with Crippen LogP contribution in [0.25, 0.3) is 0 Å². The highest BCUT2D eigenvalue weighted by atomic mass is 16.5. The molecule has 2 rings (SSSR count). The lowest BCUT2D eigenvalue weighted by atomic mass is 10.2. The molecule has 2 aromatic rings. The third kappa shape index (κ3) is 3.07. The second-order valence-corrected chi connectivity index (χ2v) is 3.96. The molecule has 2 aromatic heterocycles. The quantitative estimate of drug-likeness (QED) is 0.851. The summed E-state index contributed by atoms with van der Waals surface area (Å²) in [6, 6.07) is 6.04. The van der Waals surface area contributed by atoms with Gasteiger partial charge in [-0.2, -0.15) is 0 Å². The van der Waals surface area contributed by atoms with Gasteiger partial charge in [0.05, 0.1) is 7.11 Å². The normalized spacial score (nSPS) is 10.5. The molecule has 0 bridgehead atoms. The molecule has 1 N–H and O–H groups in total. The molecular weight excluding hydrogens is 214 g/mol. The van der Waals surface area contributed by atoms with Gasteiger partial charge in [0.2, 0.25) is 5.88 Å². The summed E-state index contributed by atoms with van der Waals surface area (Å²) in [4.78, 5) is 4.16. The minimum atomic E-state index is 0.688. The minimum Gasteiger partial charge on any atom is -0.481 e. The standard InChI is InChI=1S/C13H17N3O/c1-16-7-5-11(10-16)8-14-9-12-4-3-6-15-13(12)17-2/h3-7,10,14H,8-9H2,1-2H3. The molecule has 2 heterocycles. The summed E-state index contributed by atoms with van der Waals surface area (Å²) in [6.07, 6.45) is 5.88. The average molecular weight is 231 g/mol. The molecule has 4 heteroatoms. The zero-order valence-electron chi connectivity index (χ0n) is 10.2. The first-order valence-electron chi connectivity index (χ1n) is 5.59. The number of ether oxygens (including phenoxy) is 1. The average Bonchev–Trinajstić information content (AvgIpc) is 2.76. The van der Waals surface area contributed by atoms with Crippen LogP contribution < -0.4 is 10.1 Å². The lowest BCUT2D eigenvalue weighted by molar-refractivity contribution is 0.390. The molecule has 17 heavy (non-hydrogen) atoms. The number of nitrogens with one attached hydrogen (secondary N) is 1. The Morgan fingerprint density at radius 2 is 2.24 bits per heavy atom. The third-order valence-corrected chi connectivity index (χ3v) is 2.58. The van der Waals surface area contributed by atoms with E-state index in [-0.39, 0.29) is 0 Å². The van der Waals surface area contributed by atoms with Crippen LogP contribution in [-0.2, 0) is 20.1 Å². The van der Waals surface area contributed by atoms with Gasteiger partial charge in [-0.1, -0.05) is 6.07 Å². The van der Waals surface area contributed by atoms with Gasteiger partial charge in [-0.05, 0) is 17.7 Å². The number of methoxy groups -OCH3 is 1. The Morgan fingerprint density at radius 1 is 1.35 bits per heavy atom. The van der Waals surface area contributed by atoms with Crippen LogP contribution in [0, 0.1) is 0 Å². The van der Waals surface area contributed by atoms with E-state index in [9.17, 15) is 0 Å². The lowest BCUT2D eigenvalue weighted by Crippen LogP contribution is -2.13. The van der Waals surface area contributed by atoms with Crippen molar-refractivity contribution in [2.75, 3.05) is 7.11 Å². The van der Waals surface area contributed by atoms with E-state index in [4.69, 9.17) is 4.74 Å². The topological polar surface area (TPSA) is 39.1 Å². The van der Waals surface area contributed by atoms with Crippen LogP contribution in [0.5, 0.6) is 5.88 Å². The Labute approximate surface area is 101 Å². The summed E-state index contributed by atoms with van der Waals surface area (Å²) >= 11 is 0. The summed E-state index contributed by atoms with van der Waals surface area (Å²) in [5, 5.41) is 3.37. The van der Waals surface area contributed by atoms with E-state index in [1.807, 2.05) is 29.9 Å². The molecule has 0 amide bonds. The predicted molar refractivity (Wildman–Crippen MR) is 66.7 cm³/mol. The van der Waals surface area contributed by atoms with Crippen molar-refractivity contribution in [3.8, 4) is 5.88 Å². The highest BCUT2D eigenvalue weighted by Crippen LogP contribution is 2.13. The summed E-state index contributed by atoms with van der Waals surface area (Å²) in [7, 11) is 3.66. The molecule has 0 fully saturated rings. The van der Waals surface area contributed by atoms with Gasteiger partial charge in [-0.25, -0.2) is 4.98 Å². The molecule has 0 aliphatic rings. The largest absolute Gasteiger partial charge is 0.481 e. The molecule has 0 aliphatic carbocycles. The van der Waals surface area contributed by atoms with Gasteiger partial charge in [-0.3, -0.25) is 0 Å². The fourth-order valence-electron chi connectivity index (χ4n) is 1.75. The summed E-state index contributed by atoms with van der Waals surface area (Å²) in [5.41, 5.74) is 2.35. The van der Waals surface area contributed by atoms with Crippen molar-refractivity contribution in [2.45, 2.75) is 13.1 Å². The number of aryl methyl sites for hydroxylation is 1. The van der Waals surface area contributed by atoms with Crippen molar-refractivity contribution >= 4 is 0 Å². The highest BCUT2D eigenvalue weighted by Gasteiger charge is 2.02. The SMILES string of the molecule is COc1ncccc1CNCc1ccn(C)c1.